The van der Waals surface area contributed by atoms with Gasteiger partial charge in [-0.15, -0.1) is 0 Å². The van der Waals surface area contributed by atoms with Gasteiger partial charge in [0, 0.05) is 6.42 Å². The molecule has 10 nitrogen and oxygen atoms in total. The van der Waals surface area contributed by atoms with Crippen molar-refractivity contribution in [1.29, 1.82) is 0 Å². The number of hydrogen-bond acceptors (Lipinski definition) is 7. The Hall–Kier alpha value is -3.02. The fraction of sp³-hybridized carbons (Fsp3) is 0.474. The number of nitrogens with one attached hydrogen (secondary N) is 3. The maximum absolute atomic E-state index is 13.0. The van der Waals surface area contributed by atoms with Crippen LogP contribution < -0.4 is 15.6 Å². The zero-order chi connectivity index (χ0) is 22.3. The monoisotopic (exact) mass is 452 g/mol. The molecule has 0 radical (unpaired) electrons. The summed E-state index contributed by atoms with van der Waals surface area (Å²) in [5.41, 5.74) is 4.94. The average Bonchev–Trinajstić information content (AvgIpc) is 3.29. The minimum atomic E-state index is -3.91. The van der Waals surface area contributed by atoms with E-state index in [1.807, 2.05) is 0 Å². The standard InChI is InChI=1S/C19H25FN6O4S/c1-13(10-17-21-11-14(20)12-22-17)31(28,29)26-19(23-15-6-3-2-4-7-15)25-24-18(27)16-8-5-9-30-16/h5,8-9,11-13,15H,2-4,6-7,10H2,1H3,(H,24,27)(H2,23,25,26). The highest BCUT2D eigenvalue weighted by atomic mass is 32.2. The topological polar surface area (TPSA) is 139 Å². The number of rotatable bonds is 6. The van der Waals surface area contributed by atoms with Crippen LogP contribution in [0.2, 0.25) is 0 Å². The Labute approximate surface area is 179 Å². The van der Waals surface area contributed by atoms with Gasteiger partial charge >= 0.3 is 5.91 Å². The van der Waals surface area contributed by atoms with Gasteiger partial charge in [0.1, 0.15) is 5.82 Å². The Bertz CT molecular complexity index is 989. The molecule has 0 spiro atoms. The number of nitrogens with zero attached hydrogens (tertiary/aromatic N) is 3. The molecule has 1 saturated carbocycles. The fourth-order valence-electron chi connectivity index (χ4n) is 3.11. The molecule has 0 saturated heterocycles. The van der Waals surface area contributed by atoms with E-state index in [9.17, 15) is 17.6 Å². The predicted molar refractivity (Wildman–Crippen MR) is 111 cm³/mol. The SMILES string of the molecule is CC(Cc1ncc(F)cn1)S(=O)(=O)N/C(=N\C1CCCCC1)NNC(=O)c1ccco1. The molecule has 3 N–H and O–H groups in total. The molecule has 1 fully saturated rings. The van der Waals surface area contributed by atoms with Gasteiger partial charge in [-0.1, -0.05) is 19.3 Å². The minimum Gasteiger partial charge on any atom is -0.459 e. The molecule has 1 aliphatic carbocycles. The third-order valence-electron chi connectivity index (χ3n) is 4.84. The number of hydrazine groups is 1. The highest BCUT2D eigenvalue weighted by molar-refractivity contribution is 7.90. The molecular weight excluding hydrogens is 427 g/mol. The first-order chi connectivity index (χ1) is 14.8. The summed E-state index contributed by atoms with van der Waals surface area (Å²) in [6, 6.07) is 2.98. The summed E-state index contributed by atoms with van der Waals surface area (Å²) in [7, 11) is -3.91. The summed E-state index contributed by atoms with van der Waals surface area (Å²) >= 11 is 0. The molecule has 0 bridgehead atoms. The van der Waals surface area contributed by atoms with Gasteiger partial charge < -0.3 is 4.42 Å². The van der Waals surface area contributed by atoms with Crippen LogP contribution in [-0.2, 0) is 16.4 Å². The molecule has 12 heteroatoms. The third-order valence-corrected chi connectivity index (χ3v) is 6.54. The molecule has 2 heterocycles. The molecule has 1 unspecified atom stereocenters. The van der Waals surface area contributed by atoms with Crippen LogP contribution in [0.3, 0.4) is 0 Å². The number of carbonyl (C=O) groups is 1. The van der Waals surface area contributed by atoms with Crippen molar-refractivity contribution in [3.05, 3.63) is 48.2 Å². The van der Waals surface area contributed by atoms with Crippen molar-refractivity contribution < 1.29 is 22.0 Å². The van der Waals surface area contributed by atoms with Gasteiger partial charge in [0.2, 0.25) is 16.0 Å². The molecule has 1 atom stereocenters. The van der Waals surface area contributed by atoms with Crippen LogP contribution in [0.5, 0.6) is 0 Å². The zero-order valence-electron chi connectivity index (χ0n) is 17.0. The summed E-state index contributed by atoms with van der Waals surface area (Å²) in [6.07, 6.45) is 8.09. The molecule has 168 valence electrons. The van der Waals surface area contributed by atoms with Crippen molar-refractivity contribution in [2.75, 3.05) is 0 Å². The quantitative estimate of drug-likeness (QED) is 0.344. The third kappa shape index (κ3) is 6.74. The molecule has 3 rings (SSSR count). The summed E-state index contributed by atoms with van der Waals surface area (Å²) in [6.45, 7) is 1.48. The smallest absolute Gasteiger partial charge is 0.305 e. The van der Waals surface area contributed by atoms with Crippen LogP contribution in [0.4, 0.5) is 4.39 Å². The first-order valence-corrected chi connectivity index (χ1v) is 11.5. The van der Waals surface area contributed by atoms with E-state index in [1.165, 1.54) is 19.3 Å². The number of hydrogen-bond donors (Lipinski definition) is 3. The Morgan fingerprint density at radius 2 is 1.97 bits per heavy atom. The lowest BCUT2D eigenvalue weighted by molar-refractivity contribution is 0.0915. The lowest BCUT2D eigenvalue weighted by Crippen LogP contribution is -2.52. The van der Waals surface area contributed by atoms with Crippen LogP contribution in [-0.4, -0.2) is 41.5 Å². The number of aliphatic imine (C=N–C) groups is 1. The van der Waals surface area contributed by atoms with Crippen LogP contribution in [0.25, 0.3) is 0 Å². The Morgan fingerprint density at radius 1 is 1.26 bits per heavy atom. The van der Waals surface area contributed by atoms with Gasteiger partial charge in [-0.2, -0.15) is 0 Å². The Morgan fingerprint density at radius 3 is 2.61 bits per heavy atom. The number of carbonyl (C=O) groups excluding carboxylic acids is 1. The van der Waals surface area contributed by atoms with E-state index in [1.54, 1.807) is 6.07 Å². The van der Waals surface area contributed by atoms with Gasteiger partial charge in [-0.3, -0.25) is 20.4 Å². The summed E-state index contributed by atoms with van der Waals surface area (Å²) < 4.78 is 46.1. The summed E-state index contributed by atoms with van der Waals surface area (Å²) in [4.78, 5) is 24.2. The van der Waals surface area contributed by atoms with Gasteiger partial charge in [-0.05, 0) is 31.9 Å². The van der Waals surface area contributed by atoms with E-state index in [-0.39, 0.29) is 30.0 Å². The van der Waals surface area contributed by atoms with Gasteiger partial charge in [0.25, 0.3) is 0 Å². The molecule has 1 aliphatic rings. The van der Waals surface area contributed by atoms with Crippen molar-refractivity contribution >= 4 is 21.9 Å². The lowest BCUT2D eigenvalue weighted by atomic mass is 9.96. The van der Waals surface area contributed by atoms with E-state index < -0.39 is 27.0 Å². The minimum absolute atomic E-state index is 0.0227. The van der Waals surface area contributed by atoms with Crippen LogP contribution >= 0.6 is 0 Å². The van der Waals surface area contributed by atoms with Crippen molar-refractivity contribution in [3.8, 4) is 0 Å². The van der Waals surface area contributed by atoms with Crippen molar-refractivity contribution in [2.45, 2.75) is 56.7 Å². The molecule has 2 aromatic heterocycles. The number of halogens is 1. The lowest BCUT2D eigenvalue weighted by Gasteiger charge is -2.21. The van der Waals surface area contributed by atoms with E-state index in [4.69, 9.17) is 4.42 Å². The first-order valence-electron chi connectivity index (χ1n) is 9.99. The number of guanidine groups is 1. The second-order valence-electron chi connectivity index (χ2n) is 7.31. The molecular formula is C19H25FN6O4S. The van der Waals surface area contributed by atoms with Crippen LogP contribution in [0.1, 0.15) is 55.4 Å². The molecule has 1 amide bonds. The van der Waals surface area contributed by atoms with Gasteiger partial charge in [0.15, 0.2) is 11.6 Å². The summed E-state index contributed by atoms with van der Waals surface area (Å²) in [5.74, 6) is -0.999. The Kier molecular flexibility index (Phi) is 7.55. The van der Waals surface area contributed by atoms with E-state index >= 15 is 0 Å². The maximum atomic E-state index is 13.0. The highest BCUT2D eigenvalue weighted by Crippen LogP contribution is 2.20. The second kappa shape index (κ2) is 10.3. The average molecular weight is 453 g/mol. The number of amides is 1. The maximum Gasteiger partial charge on any atom is 0.305 e. The fourth-order valence-corrected chi connectivity index (χ4v) is 4.05. The zero-order valence-corrected chi connectivity index (χ0v) is 17.9. The van der Waals surface area contributed by atoms with Crippen molar-refractivity contribution in [2.24, 2.45) is 4.99 Å². The van der Waals surface area contributed by atoms with E-state index in [2.05, 4.69) is 30.5 Å². The summed E-state index contributed by atoms with van der Waals surface area (Å²) in [5, 5.41) is -0.933. The number of sulfonamides is 1. The van der Waals surface area contributed by atoms with E-state index in [0.29, 0.717) is 0 Å². The molecule has 2 aromatic rings. The van der Waals surface area contributed by atoms with Crippen molar-refractivity contribution in [1.82, 2.24) is 25.5 Å². The predicted octanol–water partition coefficient (Wildman–Crippen LogP) is 1.68. The number of furan rings is 1. The highest BCUT2D eigenvalue weighted by Gasteiger charge is 2.25. The second-order valence-corrected chi connectivity index (χ2v) is 9.40. The van der Waals surface area contributed by atoms with Crippen LogP contribution in [0.15, 0.2) is 40.2 Å². The molecule has 0 aliphatic heterocycles. The largest absolute Gasteiger partial charge is 0.459 e. The van der Waals surface area contributed by atoms with Crippen molar-refractivity contribution in [3.63, 3.8) is 0 Å². The van der Waals surface area contributed by atoms with E-state index in [0.717, 1.165) is 44.5 Å². The Balaban J connectivity index is 1.69. The molecule has 31 heavy (non-hydrogen) atoms. The molecule has 0 aromatic carbocycles. The van der Waals surface area contributed by atoms with Gasteiger partial charge in [-0.25, -0.2) is 27.8 Å². The number of aromatic nitrogens is 2. The normalized spacial score (nSPS) is 16.5. The van der Waals surface area contributed by atoms with Gasteiger partial charge in [0.05, 0.1) is 29.9 Å². The first kappa shape index (κ1) is 22.7. The van der Waals surface area contributed by atoms with Crippen LogP contribution in [0, 0.1) is 5.82 Å².